The molecular weight excluding hydrogens is 215 g/mol. The second-order valence-corrected chi connectivity index (χ2v) is 4.34. The van der Waals surface area contributed by atoms with Gasteiger partial charge < -0.3 is 14.7 Å². The molecule has 0 aliphatic rings. The summed E-state index contributed by atoms with van der Waals surface area (Å²) < 4.78 is 19.2. The summed E-state index contributed by atoms with van der Waals surface area (Å²) in [5.41, 5.74) is 0. The van der Waals surface area contributed by atoms with Gasteiger partial charge in [0, 0.05) is 13.6 Å². The van der Waals surface area contributed by atoms with Crippen LogP contribution in [-0.4, -0.2) is 42.0 Å². The molecule has 0 aliphatic heterocycles. The SMILES string of the molecule is CC(=O)OCC(CO)OOP(C)(=O)O. The number of carbonyl (C=O) groups is 1. The first kappa shape index (κ1) is 13.5. The maximum atomic E-state index is 10.6. The molecular formula is C6H13O7P. The first-order valence-corrected chi connectivity index (χ1v) is 5.77. The fourth-order valence-electron chi connectivity index (χ4n) is 0.462. The molecule has 0 bridgehead atoms. The maximum Gasteiger partial charge on any atom is 0.352 e. The second-order valence-electron chi connectivity index (χ2n) is 2.58. The fourth-order valence-corrected chi connectivity index (χ4v) is 0.743. The van der Waals surface area contributed by atoms with Crippen LogP contribution in [0.1, 0.15) is 6.92 Å². The van der Waals surface area contributed by atoms with Gasteiger partial charge in [0.1, 0.15) is 6.61 Å². The van der Waals surface area contributed by atoms with E-state index in [1.54, 1.807) is 0 Å². The predicted molar refractivity (Wildman–Crippen MR) is 45.4 cm³/mol. The van der Waals surface area contributed by atoms with Gasteiger partial charge in [-0.25, -0.2) is 4.89 Å². The molecule has 0 aliphatic carbocycles. The smallest absolute Gasteiger partial charge is 0.352 e. The number of ether oxygens (including phenoxy) is 1. The zero-order valence-electron chi connectivity index (χ0n) is 7.87. The molecule has 8 heteroatoms. The predicted octanol–water partition coefficient (Wildman–Crippen LogP) is -0.326. The van der Waals surface area contributed by atoms with Gasteiger partial charge in [0.25, 0.3) is 0 Å². The van der Waals surface area contributed by atoms with Crippen LogP contribution in [0, 0.1) is 0 Å². The van der Waals surface area contributed by atoms with Crippen molar-refractivity contribution in [2.45, 2.75) is 13.0 Å². The number of hydrogen-bond donors (Lipinski definition) is 2. The van der Waals surface area contributed by atoms with Gasteiger partial charge in [-0.3, -0.25) is 9.36 Å². The Kier molecular flexibility index (Phi) is 5.90. The summed E-state index contributed by atoms with van der Waals surface area (Å²) in [7, 11) is -3.75. The third kappa shape index (κ3) is 8.15. The summed E-state index contributed by atoms with van der Waals surface area (Å²) in [6, 6.07) is 0. The fraction of sp³-hybridized carbons (Fsp3) is 0.833. The Morgan fingerprint density at radius 3 is 2.50 bits per heavy atom. The summed E-state index contributed by atoms with van der Waals surface area (Å²) in [5.74, 6) is -0.546. The number of esters is 1. The number of aliphatic hydroxyl groups is 1. The Hall–Kier alpha value is -0.460. The van der Waals surface area contributed by atoms with Gasteiger partial charge in [-0.2, -0.15) is 0 Å². The molecule has 0 amide bonds. The molecule has 0 fully saturated rings. The minimum atomic E-state index is -3.75. The highest BCUT2D eigenvalue weighted by Gasteiger charge is 2.17. The normalized spacial score (nSPS) is 17.1. The Morgan fingerprint density at radius 2 is 2.14 bits per heavy atom. The van der Waals surface area contributed by atoms with Gasteiger partial charge in [-0.15, -0.1) is 4.67 Å². The summed E-state index contributed by atoms with van der Waals surface area (Å²) >= 11 is 0. The Balaban J connectivity index is 3.80. The molecule has 2 N–H and O–H groups in total. The van der Waals surface area contributed by atoms with Crippen molar-refractivity contribution >= 4 is 13.6 Å². The highest BCUT2D eigenvalue weighted by molar-refractivity contribution is 7.51. The quantitative estimate of drug-likeness (QED) is 0.278. The van der Waals surface area contributed by atoms with Crippen LogP contribution in [0.3, 0.4) is 0 Å². The number of hydrogen-bond acceptors (Lipinski definition) is 6. The number of carbonyl (C=O) groups excluding carboxylic acids is 1. The molecule has 0 aromatic heterocycles. The van der Waals surface area contributed by atoms with Crippen molar-refractivity contribution < 1.29 is 33.7 Å². The minimum absolute atomic E-state index is 0.244. The molecule has 0 radical (unpaired) electrons. The van der Waals surface area contributed by atoms with E-state index >= 15 is 0 Å². The van der Waals surface area contributed by atoms with E-state index in [1.807, 2.05) is 0 Å². The molecule has 84 valence electrons. The average Bonchev–Trinajstić information content (AvgIpc) is 2.02. The molecule has 2 atom stereocenters. The van der Waals surface area contributed by atoms with E-state index in [0.717, 1.165) is 6.66 Å². The molecule has 0 aromatic rings. The van der Waals surface area contributed by atoms with Gasteiger partial charge in [0.15, 0.2) is 6.10 Å². The van der Waals surface area contributed by atoms with E-state index in [1.165, 1.54) is 6.92 Å². The number of rotatable bonds is 6. The van der Waals surface area contributed by atoms with Crippen molar-refractivity contribution in [3.63, 3.8) is 0 Å². The van der Waals surface area contributed by atoms with Crippen LogP contribution in [0.25, 0.3) is 0 Å². The van der Waals surface area contributed by atoms with Gasteiger partial charge in [-0.05, 0) is 0 Å². The Morgan fingerprint density at radius 1 is 1.57 bits per heavy atom. The summed E-state index contributed by atoms with van der Waals surface area (Å²) in [6.07, 6.45) is -0.973. The van der Waals surface area contributed by atoms with E-state index in [4.69, 9.17) is 10.00 Å². The van der Waals surface area contributed by atoms with Crippen LogP contribution in [0.15, 0.2) is 0 Å². The molecule has 14 heavy (non-hydrogen) atoms. The monoisotopic (exact) mass is 228 g/mol. The Labute approximate surface area is 81.0 Å². The first-order valence-electron chi connectivity index (χ1n) is 3.74. The molecule has 0 saturated heterocycles. The van der Waals surface area contributed by atoms with E-state index < -0.39 is 26.3 Å². The van der Waals surface area contributed by atoms with Crippen molar-refractivity contribution in [2.24, 2.45) is 0 Å². The summed E-state index contributed by atoms with van der Waals surface area (Å²) in [4.78, 5) is 23.4. The maximum absolute atomic E-state index is 10.6. The molecule has 0 heterocycles. The zero-order chi connectivity index (χ0) is 11.2. The Bertz CT molecular complexity index is 222. The lowest BCUT2D eigenvalue weighted by molar-refractivity contribution is -0.265. The lowest BCUT2D eigenvalue weighted by atomic mass is 10.4. The van der Waals surface area contributed by atoms with Crippen molar-refractivity contribution in [1.29, 1.82) is 0 Å². The van der Waals surface area contributed by atoms with Gasteiger partial charge >= 0.3 is 13.6 Å². The minimum Gasteiger partial charge on any atom is -0.463 e. The van der Waals surface area contributed by atoms with Crippen molar-refractivity contribution in [2.75, 3.05) is 19.9 Å². The van der Waals surface area contributed by atoms with Crippen molar-refractivity contribution in [1.82, 2.24) is 0 Å². The number of aliphatic hydroxyl groups excluding tert-OH is 1. The van der Waals surface area contributed by atoms with E-state index in [-0.39, 0.29) is 6.61 Å². The third-order valence-electron chi connectivity index (χ3n) is 0.994. The molecule has 2 unspecified atom stereocenters. The lowest BCUT2D eigenvalue weighted by Gasteiger charge is -2.14. The van der Waals surface area contributed by atoms with Crippen LogP contribution in [0.5, 0.6) is 0 Å². The highest BCUT2D eigenvalue weighted by Crippen LogP contribution is 2.37. The average molecular weight is 228 g/mol. The first-order chi connectivity index (χ1) is 6.35. The van der Waals surface area contributed by atoms with Gasteiger partial charge in [-0.1, -0.05) is 0 Å². The lowest BCUT2D eigenvalue weighted by Crippen LogP contribution is -2.24. The molecule has 0 rings (SSSR count). The largest absolute Gasteiger partial charge is 0.463 e. The van der Waals surface area contributed by atoms with Crippen LogP contribution in [0.2, 0.25) is 0 Å². The second kappa shape index (κ2) is 6.10. The van der Waals surface area contributed by atoms with E-state index in [2.05, 4.69) is 14.3 Å². The third-order valence-corrected chi connectivity index (χ3v) is 1.36. The van der Waals surface area contributed by atoms with Crippen molar-refractivity contribution in [3.05, 3.63) is 0 Å². The van der Waals surface area contributed by atoms with E-state index in [0.29, 0.717) is 0 Å². The topological polar surface area (TPSA) is 102 Å². The summed E-state index contributed by atoms with van der Waals surface area (Å²) in [6.45, 7) is 1.37. The van der Waals surface area contributed by atoms with Crippen LogP contribution >= 0.6 is 7.60 Å². The zero-order valence-corrected chi connectivity index (χ0v) is 8.77. The van der Waals surface area contributed by atoms with Crippen LogP contribution in [-0.2, 0) is 23.7 Å². The van der Waals surface area contributed by atoms with Gasteiger partial charge in [0.05, 0.1) is 6.61 Å². The van der Waals surface area contributed by atoms with Crippen LogP contribution in [0.4, 0.5) is 0 Å². The standard InChI is InChI=1S/C6H13O7P/c1-5(8)11-4-6(3-7)12-13-14(2,9)10/h6-7H,3-4H2,1-2H3,(H,9,10). The molecule has 7 nitrogen and oxygen atoms in total. The highest BCUT2D eigenvalue weighted by atomic mass is 31.2. The molecule has 0 saturated carbocycles. The van der Waals surface area contributed by atoms with Crippen molar-refractivity contribution in [3.8, 4) is 0 Å². The molecule has 0 aromatic carbocycles. The van der Waals surface area contributed by atoms with E-state index in [9.17, 15) is 9.36 Å². The van der Waals surface area contributed by atoms with Gasteiger partial charge in [0.2, 0.25) is 0 Å². The molecule has 0 spiro atoms. The van der Waals surface area contributed by atoms with Crippen LogP contribution < -0.4 is 0 Å². The summed E-state index contributed by atoms with van der Waals surface area (Å²) in [5, 5.41) is 8.67.